The maximum Gasteiger partial charge on any atom is 0.341 e. The summed E-state index contributed by atoms with van der Waals surface area (Å²) in [7, 11) is 0. The van der Waals surface area contributed by atoms with Crippen LogP contribution in [-0.4, -0.2) is 37.6 Å². The minimum absolute atomic E-state index is 0.0706. The van der Waals surface area contributed by atoms with Crippen molar-refractivity contribution in [2.75, 3.05) is 25.0 Å². The number of esters is 1. The summed E-state index contributed by atoms with van der Waals surface area (Å²) in [6.45, 7) is 5.66. The number of ether oxygens (including phenoxy) is 1. The molecule has 1 aromatic carbocycles. The summed E-state index contributed by atoms with van der Waals surface area (Å²) in [5.74, 6) is -0.499. The molecule has 1 saturated heterocycles. The summed E-state index contributed by atoms with van der Waals surface area (Å²) in [6.07, 6.45) is 3.53. The fourth-order valence-corrected chi connectivity index (χ4v) is 4.69. The Morgan fingerprint density at radius 3 is 2.71 bits per heavy atom. The minimum Gasteiger partial charge on any atom is -0.462 e. The molecule has 0 bridgehead atoms. The van der Waals surface area contributed by atoms with Crippen LogP contribution in [0, 0.1) is 0 Å². The summed E-state index contributed by atoms with van der Waals surface area (Å²) >= 11 is 7.33. The Kier molecular flexibility index (Phi) is 7.10. The Morgan fingerprint density at radius 1 is 1.29 bits per heavy atom. The van der Waals surface area contributed by atoms with E-state index in [-0.39, 0.29) is 12.5 Å². The number of carbonyl (C=O) groups is 2. The Balaban J connectivity index is 1.82. The number of thiophene rings is 1. The van der Waals surface area contributed by atoms with Gasteiger partial charge in [-0.05, 0) is 50.8 Å². The number of amides is 1. The number of hydrogen-bond acceptors (Lipinski definition) is 4. The van der Waals surface area contributed by atoms with Crippen molar-refractivity contribution in [1.29, 1.82) is 0 Å². The second kappa shape index (κ2) is 9.54. The van der Waals surface area contributed by atoms with E-state index in [1.165, 1.54) is 22.7 Å². The number of quaternary nitrogens is 1. The SMILES string of the molecule is CCOC(=O)c1c(-c2ccc(Cl)cc2)csc1NC(=O)C[NH+]1CCCC[C@@H]1C. The van der Waals surface area contributed by atoms with Gasteiger partial charge < -0.3 is 15.0 Å². The molecule has 5 nitrogen and oxygen atoms in total. The van der Waals surface area contributed by atoms with E-state index in [4.69, 9.17) is 16.3 Å². The Morgan fingerprint density at radius 2 is 2.04 bits per heavy atom. The Labute approximate surface area is 174 Å². The number of halogens is 1. The van der Waals surface area contributed by atoms with Crippen LogP contribution in [0.25, 0.3) is 11.1 Å². The number of anilines is 1. The van der Waals surface area contributed by atoms with Gasteiger partial charge in [0.15, 0.2) is 6.54 Å². The first-order valence-electron chi connectivity index (χ1n) is 9.68. The standard InChI is InChI=1S/C21H25ClN2O3S/c1-3-27-21(26)19-17(15-7-9-16(22)10-8-15)13-28-20(19)23-18(25)12-24-11-5-4-6-14(24)2/h7-10,13-14H,3-6,11-12H2,1-2H3,(H,23,25)/p+1/t14-/m0/s1. The van der Waals surface area contributed by atoms with Gasteiger partial charge in [0.1, 0.15) is 10.6 Å². The maximum absolute atomic E-state index is 12.7. The van der Waals surface area contributed by atoms with Gasteiger partial charge in [-0.25, -0.2) is 4.79 Å². The molecule has 2 N–H and O–H groups in total. The van der Waals surface area contributed by atoms with Crippen LogP contribution >= 0.6 is 22.9 Å². The third-order valence-corrected chi connectivity index (χ3v) is 6.30. The number of piperidine rings is 1. The lowest BCUT2D eigenvalue weighted by Crippen LogP contribution is -3.17. The van der Waals surface area contributed by atoms with E-state index in [0.29, 0.717) is 28.2 Å². The van der Waals surface area contributed by atoms with Gasteiger partial charge in [-0.2, -0.15) is 0 Å². The highest BCUT2D eigenvalue weighted by Crippen LogP contribution is 2.36. The molecule has 150 valence electrons. The average molecular weight is 422 g/mol. The second-order valence-corrected chi connectivity index (χ2v) is 8.43. The van der Waals surface area contributed by atoms with Crippen molar-refractivity contribution < 1.29 is 19.2 Å². The summed E-state index contributed by atoms with van der Waals surface area (Å²) < 4.78 is 5.25. The van der Waals surface area contributed by atoms with Gasteiger partial charge in [0.2, 0.25) is 0 Å². The molecule has 1 aliphatic heterocycles. The zero-order chi connectivity index (χ0) is 20.1. The molecule has 28 heavy (non-hydrogen) atoms. The summed E-state index contributed by atoms with van der Waals surface area (Å²) in [5.41, 5.74) is 2.01. The topological polar surface area (TPSA) is 59.8 Å². The average Bonchev–Trinajstić information content (AvgIpc) is 3.08. The highest BCUT2D eigenvalue weighted by molar-refractivity contribution is 7.15. The zero-order valence-electron chi connectivity index (χ0n) is 16.2. The number of carbonyl (C=O) groups excluding carboxylic acids is 2. The van der Waals surface area contributed by atoms with Crippen molar-refractivity contribution >= 4 is 39.8 Å². The molecule has 7 heteroatoms. The van der Waals surface area contributed by atoms with Gasteiger partial charge in [-0.15, -0.1) is 11.3 Å². The normalized spacial score (nSPS) is 19.2. The molecule has 0 saturated carbocycles. The van der Waals surface area contributed by atoms with Crippen LogP contribution in [0.3, 0.4) is 0 Å². The van der Waals surface area contributed by atoms with Crippen LogP contribution in [-0.2, 0) is 9.53 Å². The summed E-state index contributed by atoms with van der Waals surface area (Å²) in [5, 5.41) is 6.00. The van der Waals surface area contributed by atoms with E-state index in [0.717, 1.165) is 30.5 Å². The Hall–Kier alpha value is -1.89. The Bertz CT molecular complexity index is 835. The van der Waals surface area contributed by atoms with E-state index in [1.54, 1.807) is 19.1 Å². The van der Waals surface area contributed by atoms with Crippen LogP contribution in [0.5, 0.6) is 0 Å². The number of benzene rings is 1. The molecule has 1 aliphatic rings. The van der Waals surface area contributed by atoms with Crippen molar-refractivity contribution in [2.45, 2.75) is 39.2 Å². The van der Waals surface area contributed by atoms with Crippen molar-refractivity contribution in [1.82, 2.24) is 0 Å². The van der Waals surface area contributed by atoms with E-state index in [1.807, 2.05) is 17.5 Å². The van der Waals surface area contributed by atoms with Crippen molar-refractivity contribution in [3.63, 3.8) is 0 Å². The lowest BCUT2D eigenvalue weighted by atomic mass is 10.0. The van der Waals surface area contributed by atoms with E-state index in [2.05, 4.69) is 12.2 Å². The molecule has 1 unspecified atom stereocenters. The van der Waals surface area contributed by atoms with Gasteiger partial charge in [0.05, 0.1) is 19.2 Å². The first kappa shape index (κ1) is 20.8. The smallest absolute Gasteiger partial charge is 0.341 e. The van der Waals surface area contributed by atoms with Gasteiger partial charge in [0.25, 0.3) is 5.91 Å². The fourth-order valence-electron chi connectivity index (χ4n) is 3.59. The molecular formula is C21H26ClN2O3S+. The summed E-state index contributed by atoms with van der Waals surface area (Å²) in [6, 6.07) is 7.76. The number of nitrogens with one attached hydrogen (secondary N) is 2. The number of rotatable bonds is 6. The van der Waals surface area contributed by atoms with Gasteiger partial charge >= 0.3 is 5.97 Å². The third kappa shape index (κ3) is 4.93. The monoisotopic (exact) mass is 421 g/mol. The molecule has 1 fully saturated rings. The molecule has 3 rings (SSSR count). The predicted octanol–water partition coefficient (Wildman–Crippen LogP) is 3.64. The second-order valence-electron chi connectivity index (χ2n) is 7.11. The molecule has 2 atom stereocenters. The first-order chi connectivity index (χ1) is 13.5. The van der Waals surface area contributed by atoms with Crippen LogP contribution in [0.4, 0.5) is 5.00 Å². The molecule has 2 heterocycles. The van der Waals surface area contributed by atoms with Crippen LogP contribution in [0.2, 0.25) is 5.02 Å². The van der Waals surface area contributed by atoms with Crippen molar-refractivity contribution in [2.24, 2.45) is 0 Å². The van der Waals surface area contributed by atoms with Gasteiger partial charge in [-0.3, -0.25) is 4.79 Å². The third-order valence-electron chi connectivity index (χ3n) is 5.15. The molecule has 0 spiro atoms. The molecule has 1 amide bonds. The lowest BCUT2D eigenvalue weighted by Gasteiger charge is -2.29. The number of likely N-dealkylation sites (tertiary alicyclic amines) is 1. The largest absolute Gasteiger partial charge is 0.462 e. The van der Waals surface area contributed by atoms with Crippen LogP contribution in [0.15, 0.2) is 29.6 Å². The van der Waals surface area contributed by atoms with Crippen LogP contribution < -0.4 is 10.2 Å². The minimum atomic E-state index is -0.428. The summed E-state index contributed by atoms with van der Waals surface area (Å²) in [4.78, 5) is 26.6. The number of hydrogen-bond donors (Lipinski definition) is 2. The zero-order valence-corrected chi connectivity index (χ0v) is 17.8. The molecule has 0 radical (unpaired) electrons. The maximum atomic E-state index is 12.7. The van der Waals surface area contributed by atoms with E-state index < -0.39 is 5.97 Å². The molecule has 1 aromatic heterocycles. The molecule has 2 aromatic rings. The quantitative estimate of drug-likeness (QED) is 0.700. The van der Waals surface area contributed by atoms with Crippen molar-refractivity contribution in [3.05, 3.63) is 40.2 Å². The highest BCUT2D eigenvalue weighted by atomic mass is 35.5. The molecular weight excluding hydrogens is 396 g/mol. The van der Waals surface area contributed by atoms with Gasteiger partial charge in [-0.1, -0.05) is 23.7 Å². The van der Waals surface area contributed by atoms with Gasteiger partial charge in [0, 0.05) is 16.0 Å². The molecule has 0 aliphatic carbocycles. The van der Waals surface area contributed by atoms with Crippen LogP contribution in [0.1, 0.15) is 43.5 Å². The van der Waals surface area contributed by atoms with E-state index >= 15 is 0 Å². The fraction of sp³-hybridized carbons (Fsp3) is 0.429. The predicted molar refractivity (Wildman–Crippen MR) is 113 cm³/mol. The highest BCUT2D eigenvalue weighted by Gasteiger charge is 2.27. The lowest BCUT2D eigenvalue weighted by molar-refractivity contribution is -0.920. The van der Waals surface area contributed by atoms with E-state index in [9.17, 15) is 9.59 Å². The van der Waals surface area contributed by atoms with Crippen molar-refractivity contribution in [3.8, 4) is 11.1 Å². The first-order valence-corrected chi connectivity index (χ1v) is 10.9.